The van der Waals surface area contributed by atoms with Crippen LogP contribution in [-0.4, -0.2) is 17.4 Å². The Kier molecular flexibility index (Phi) is 10.2. The lowest BCUT2D eigenvalue weighted by Crippen LogP contribution is -2.31. The highest BCUT2D eigenvalue weighted by Crippen LogP contribution is 2.32. The molecule has 0 saturated heterocycles. The number of carbonyl (C=O) groups excluding carboxylic acids is 1. The monoisotopic (exact) mass is 497 g/mol. The highest BCUT2D eigenvalue weighted by atomic mass is 16.1. The highest BCUT2D eigenvalue weighted by Gasteiger charge is 2.21. The summed E-state index contributed by atoms with van der Waals surface area (Å²) in [6.07, 6.45) is 21.6. The Morgan fingerprint density at radius 3 is 2.62 bits per heavy atom. The van der Waals surface area contributed by atoms with Gasteiger partial charge in [-0.1, -0.05) is 68.7 Å². The summed E-state index contributed by atoms with van der Waals surface area (Å²) in [4.78, 5) is 17.6. The van der Waals surface area contributed by atoms with Crippen LogP contribution >= 0.6 is 0 Å². The van der Waals surface area contributed by atoms with Gasteiger partial charge in [0.05, 0.1) is 5.92 Å². The van der Waals surface area contributed by atoms with Crippen LogP contribution in [0.3, 0.4) is 0 Å². The Morgan fingerprint density at radius 1 is 1.03 bits per heavy atom. The van der Waals surface area contributed by atoms with Crippen molar-refractivity contribution in [3.05, 3.63) is 94.5 Å². The van der Waals surface area contributed by atoms with Gasteiger partial charge in [-0.3, -0.25) is 9.78 Å². The number of carbonyl (C=O) groups is 1. The lowest BCUT2D eigenvalue weighted by Gasteiger charge is -2.23. The largest absolute Gasteiger partial charge is 0.384 e. The molecule has 0 aliphatic heterocycles. The van der Waals surface area contributed by atoms with Gasteiger partial charge in [-0.05, 0) is 85.8 Å². The molecular formula is C33H43N3O. The quantitative estimate of drug-likeness (QED) is 0.298. The third-order valence-corrected chi connectivity index (χ3v) is 7.67. The zero-order valence-electron chi connectivity index (χ0n) is 22.7. The molecule has 4 heteroatoms. The van der Waals surface area contributed by atoms with E-state index in [1.165, 1.54) is 46.4 Å². The van der Waals surface area contributed by atoms with E-state index in [0.29, 0.717) is 6.54 Å². The predicted molar refractivity (Wildman–Crippen MR) is 154 cm³/mol. The normalized spacial score (nSPS) is 16.3. The van der Waals surface area contributed by atoms with Gasteiger partial charge in [-0.15, -0.1) is 0 Å². The SMILES string of the molecule is CCCCCC(C(=O)NCC1=CCCC=C1)c1ccc(CNC2=C(c3cnccc3C)CCCC2)cc1. The maximum Gasteiger partial charge on any atom is 0.227 e. The van der Waals surface area contributed by atoms with Gasteiger partial charge in [0, 0.05) is 36.7 Å². The van der Waals surface area contributed by atoms with Crippen LogP contribution in [0.1, 0.15) is 99.3 Å². The first-order chi connectivity index (χ1) is 18.2. The van der Waals surface area contributed by atoms with Gasteiger partial charge < -0.3 is 10.6 Å². The summed E-state index contributed by atoms with van der Waals surface area (Å²) in [5.41, 5.74) is 8.92. The van der Waals surface area contributed by atoms with E-state index < -0.39 is 0 Å². The summed E-state index contributed by atoms with van der Waals surface area (Å²) in [7, 11) is 0. The minimum atomic E-state index is -0.0945. The Labute approximate surface area is 223 Å². The molecule has 2 aliphatic carbocycles. The number of amides is 1. The smallest absolute Gasteiger partial charge is 0.227 e. The van der Waals surface area contributed by atoms with Crippen LogP contribution < -0.4 is 10.6 Å². The highest BCUT2D eigenvalue weighted by molar-refractivity contribution is 5.84. The fourth-order valence-electron chi connectivity index (χ4n) is 5.41. The van der Waals surface area contributed by atoms with E-state index in [4.69, 9.17) is 0 Å². The van der Waals surface area contributed by atoms with Crippen molar-refractivity contribution in [1.29, 1.82) is 0 Å². The topological polar surface area (TPSA) is 54.0 Å². The molecule has 1 atom stereocenters. The molecule has 2 aromatic rings. The van der Waals surface area contributed by atoms with Gasteiger partial charge >= 0.3 is 0 Å². The standard InChI is InChI=1S/C33H43N3O/c1-3-4-6-13-29(33(37)36-23-26-11-7-5-8-12-26)28-18-16-27(17-19-28)22-35-32-15-10-9-14-30(32)31-24-34-21-20-25(31)2/h7,11-12,16-21,24,29,35H,3-6,8-10,13-15,22-23H2,1-2H3,(H,36,37). The summed E-state index contributed by atoms with van der Waals surface area (Å²) in [5, 5.41) is 6.95. The second kappa shape index (κ2) is 14.0. The Morgan fingerprint density at radius 2 is 1.86 bits per heavy atom. The molecule has 4 rings (SSSR count). The molecule has 0 bridgehead atoms. The average molecular weight is 498 g/mol. The number of allylic oxidation sites excluding steroid dienone is 4. The summed E-state index contributed by atoms with van der Waals surface area (Å²) >= 11 is 0. The molecule has 0 radical (unpaired) electrons. The molecule has 1 aromatic carbocycles. The minimum Gasteiger partial charge on any atom is -0.384 e. The van der Waals surface area contributed by atoms with Crippen LogP contribution in [0.4, 0.5) is 0 Å². The molecule has 2 aliphatic rings. The summed E-state index contributed by atoms with van der Waals surface area (Å²) in [5.74, 6) is 0.0497. The molecule has 1 heterocycles. The first-order valence-electron chi connectivity index (χ1n) is 14.2. The molecule has 1 unspecified atom stereocenters. The third kappa shape index (κ3) is 7.67. The van der Waals surface area contributed by atoms with Crippen LogP contribution in [0.5, 0.6) is 0 Å². The maximum atomic E-state index is 13.2. The number of nitrogens with one attached hydrogen (secondary N) is 2. The van der Waals surface area contributed by atoms with Crippen molar-refractivity contribution in [2.24, 2.45) is 0 Å². The Hall–Kier alpha value is -3.14. The zero-order chi connectivity index (χ0) is 25.9. The van der Waals surface area contributed by atoms with Crippen LogP contribution in [-0.2, 0) is 11.3 Å². The van der Waals surface area contributed by atoms with Gasteiger partial charge in [-0.2, -0.15) is 0 Å². The summed E-state index contributed by atoms with van der Waals surface area (Å²) < 4.78 is 0. The van der Waals surface area contributed by atoms with E-state index >= 15 is 0 Å². The molecule has 1 aromatic heterocycles. The number of aryl methyl sites for hydroxylation is 1. The van der Waals surface area contributed by atoms with E-state index in [1.807, 2.05) is 12.4 Å². The minimum absolute atomic E-state index is 0.0945. The average Bonchev–Trinajstić information content (AvgIpc) is 2.94. The van der Waals surface area contributed by atoms with E-state index in [1.54, 1.807) is 0 Å². The van der Waals surface area contributed by atoms with E-state index in [0.717, 1.165) is 63.5 Å². The van der Waals surface area contributed by atoms with E-state index in [9.17, 15) is 4.79 Å². The van der Waals surface area contributed by atoms with Crippen LogP contribution in [0.25, 0.3) is 5.57 Å². The lowest BCUT2D eigenvalue weighted by molar-refractivity contribution is -0.122. The molecule has 37 heavy (non-hydrogen) atoms. The Bertz CT molecular complexity index is 1130. The number of pyridine rings is 1. The summed E-state index contributed by atoms with van der Waals surface area (Å²) in [6.45, 7) is 5.80. The van der Waals surface area contributed by atoms with Gasteiger partial charge in [0.25, 0.3) is 0 Å². The van der Waals surface area contributed by atoms with Crippen molar-refractivity contribution >= 4 is 11.5 Å². The van der Waals surface area contributed by atoms with Crippen molar-refractivity contribution < 1.29 is 4.79 Å². The molecule has 1 amide bonds. The van der Waals surface area contributed by atoms with Gasteiger partial charge in [0.1, 0.15) is 0 Å². The first kappa shape index (κ1) is 26.9. The van der Waals surface area contributed by atoms with Crippen molar-refractivity contribution in [3.8, 4) is 0 Å². The van der Waals surface area contributed by atoms with Crippen LogP contribution in [0.15, 0.2) is 72.2 Å². The fourth-order valence-corrected chi connectivity index (χ4v) is 5.41. The fraction of sp³-hybridized carbons (Fsp3) is 0.455. The molecule has 0 fully saturated rings. The third-order valence-electron chi connectivity index (χ3n) is 7.67. The lowest BCUT2D eigenvalue weighted by atomic mass is 9.89. The van der Waals surface area contributed by atoms with E-state index in [2.05, 4.69) is 78.0 Å². The summed E-state index contributed by atoms with van der Waals surface area (Å²) in [6, 6.07) is 10.8. The predicted octanol–water partition coefficient (Wildman–Crippen LogP) is 7.52. The number of aromatic nitrogens is 1. The Balaban J connectivity index is 1.41. The van der Waals surface area contributed by atoms with Gasteiger partial charge in [0.2, 0.25) is 5.91 Å². The molecule has 4 nitrogen and oxygen atoms in total. The molecular weight excluding hydrogens is 454 g/mol. The van der Waals surface area contributed by atoms with E-state index in [-0.39, 0.29) is 11.8 Å². The van der Waals surface area contributed by atoms with Gasteiger partial charge in [0.15, 0.2) is 0 Å². The molecule has 0 spiro atoms. The van der Waals surface area contributed by atoms with Crippen molar-refractivity contribution in [2.75, 3.05) is 6.54 Å². The second-order valence-electron chi connectivity index (χ2n) is 10.5. The number of hydrogen-bond acceptors (Lipinski definition) is 3. The number of nitrogens with zero attached hydrogens (tertiary/aromatic N) is 1. The number of rotatable bonds is 12. The van der Waals surface area contributed by atoms with Crippen molar-refractivity contribution in [2.45, 2.75) is 90.5 Å². The molecule has 0 saturated carbocycles. The second-order valence-corrected chi connectivity index (χ2v) is 10.5. The number of unbranched alkanes of at least 4 members (excludes halogenated alkanes) is 2. The van der Waals surface area contributed by atoms with Crippen molar-refractivity contribution in [1.82, 2.24) is 15.6 Å². The zero-order valence-corrected chi connectivity index (χ0v) is 22.7. The molecule has 196 valence electrons. The first-order valence-corrected chi connectivity index (χ1v) is 14.2. The maximum absolute atomic E-state index is 13.2. The van der Waals surface area contributed by atoms with Gasteiger partial charge in [-0.25, -0.2) is 0 Å². The number of hydrogen-bond donors (Lipinski definition) is 2. The molecule has 2 N–H and O–H groups in total. The van der Waals surface area contributed by atoms with Crippen LogP contribution in [0.2, 0.25) is 0 Å². The van der Waals surface area contributed by atoms with Crippen LogP contribution in [0, 0.1) is 6.92 Å². The number of benzene rings is 1. The van der Waals surface area contributed by atoms with Crippen molar-refractivity contribution in [3.63, 3.8) is 0 Å².